The molecule has 0 saturated carbocycles. The van der Waals surface area contributed by atoms with Crippen LogP contribution in [0.2, 0.25) is 0 Å². The molecule has 0 N–H and O–H groups in total. The van der Waals surface area contributed by atoms with Gasteiger partial charge in [0, 0.05) is 38.1 Å². The van der Waals surface area contributed by atoms with Gasteiger partial charge in [-0.25, -0.2) is 18.4 Å². The summed E-state index contributed by atoms with van der Waals surface area (Å²) < 4.78 is 29.4. The molecule has 8 nitrogen and oxygen atoms in total. The number of carbonyl (C=O) groups excluding carboxylic acids is 1. The Kier molecular flexibility index (Phi) is 5.29. The molecule has 0 aliphatic carbocycles. The number of rotatable bonds is 4. The Bertz CT molecular complexity index is 803. The minimum absolute atomic E-state index is 0.00569. The molecule has 0 aromatic carbocycles. The molecule has 2 saturated heterocycles. The second-order valence-corrected chi connectivity index (χ2v) is 9.10. The molecule has 2 atom stereocenters. The second kappa shape index (κ2) is 7.32. The first kappa shape index (κ1) is 18.8. The van der Waals surface area contributed by atoms with Crippen LogP contribution in [-0.2, 0) is 9.84 Å². The number of nitrogens with zero attached hydrogens (tertiary/aromatic N) is 4. The number of methoxy groups -OCH3 is 1. The minimum atomic E-state index is -3.17. The highest BCUT2D eigenvalue weighted by molar-refractivity contribution is 7.91. The minimum Gasteiger partial charge on any atom is -0.467 e. The first-order chi connectivity index (χ1) is 12.3. The van der Waals surface area contributed by atoms with E-state index >= 15 is 0 Å². The predicted molar refractivity (Wildman–Crippen MR) is 96.9 cm³/mol. The summed E-state index contributed by atoms with van der Waals surface area (Å²) in [5.74, 6) is -0.135. The fourth-order valence-electron chi connectivity index (χ4n) is 3.50. The van der Waals surface area contributed by atoms with Gasteiger partial charge in [-0.15, -0.1) is 0 Å². The van der Waals surface area contributed by atoms with Crippen LogP contribution in [0.1, 0.15) is 24.2 Å². The van der Waals surface area contributed by atoms with Crippen LogP contribution in [0.3, 0.4) is 0 Å². The molecular weight excluding hydrogens is 356 g/mol. The van der Waals surface area contributed by atoms with Crippen molar-refractivity contribution in [1.29, 1.82) is 0 Å². The number of hydrogen-bond acceptors (Lipinski definition) is 7. The average Bonchev–Trinajstić information content (AvgIpc) is 2.94. The zero-order chi connectivity index (χ0) is 18.9. The Morgan fingerprint density at radius 1 is 1.23 bits per heavy atom. The van der Waals surface area contributed by atoms with Crippen LogP contribution < -0.4 is 4.74 Å². The Labute approximate surface area is 153 Å². The van der Waals surface area contributed by atoms with Gasteiger partial charge >= 0.3 is 6.01 Å². The van der Waals surface area contributed by atoms with E-state index in [2.05, 4.69) is 20.9 Å². The maximum atomic E-state index is 12.9. The van der Waals surface area contributed by atoms with E-state index in [-0.39, 0.29) is 35.5 Å². The summed E-state index contributed by atoms with van der Waals surface area (Å²) in [4.78, 5) is 24.7. The smallest absolute Gasteiger partial charge is 0.316 e. The van der Waals surface area contributed by atoms with Gasteiger partial charge in [0.2, 0.25) is 0 Å². The number of amides is 1. The molecule has 3 heterocycles. The fourth-order valence-corrected chi connectivity index (χ4v) is 5.51. The van der Waals surface area contributed by atoms with Crippen molar-refractivity contribution in [3.8, 4) is 6.01 Å². The van der Waals surface area contributed by atoms with E-state index in [9.17, 15) is 13.2 Å². The Morgan fingerprint density at radius 2 is 1.88 bits per heavy atom. The third-order valence-electron chi connectivity index (χ3n) is 4.84. The molecule has 9 heteroatoms. The molecule has 1 amide bonds. The van der Waals surface area contributed by atoms with Crippen LogP contribution in [0.5, 0.6) is 6.01 Å². The first-order valence-electron chi connectivity index (χ1n) is 8.55. The highest BCUT2D eigenvalue weighted by atomic mass is 32.2. The fraction of sp³-hybridized carbons (Fsp3) is 0.588. The van der Waals surface area contributed by atoms with Gasteiger partial charge in [0.25, 0.3) is 5.91 Å². The number of fused-ring (bicyclic) bond motifs is 1. The van der Waals surface area contributed by atoms with Crippen molar-refractivity contribution in [2.45, 2.75) is 25.9 Å². The van der Waals surface area contributed by atoms with Crippen molar-refractivity contribution in [3.63, 3.8) is 0 Å². The molecule has 26 heavy (non-hydrogen) atoms. The van der Waals surface area contributed by atoms with Gasteiger partial charge in [-0.2, -0.15) is 0 Å². The number of sulfone groups is 1. The summed E-state index contributed by atoms with van der Waals surface area (Å²) in [7, 11) is -1.71. The van der Waals surface area contributed by atoms with Crippen LogP contribution in [0.25, 0.3) is 0 Å². The van der Waals surface area contributed by atoms with Gasteiger partial charge in [0.1, 0.15) is 0 Å². The lowest BCUT2D eigenvalue weighted by molar-refractivity contribution is 0.0367. The van der Waals surface area contributed by atoms with Crippen molar-refractivity contribution in [3.05, 3.63) is 29.6 Å². The van der Waals surface area contributed by atoms with Crippen molar-refractivity contribution < 1.29 is 17.9 Å². The largest absolute Gasteiger partial charge is 0.467 e. The standard InChI is InChI=1S/C17H24N4O4S/c1-12(2)4-5-20-6-7-21(15-11-26(23,24)10-14(15)20)16(22)13-8-18-17(25-3)19-9-13/h4,8-9,14-15H,5-7,10-11H2,1-3H3/t14-,15+/m0/s1. The van der Waals surface area contributed by atoms with Crippen molar-refractivity contribution in [2.75, 3.05) is 38.2 Å². The Hall–Kier alpha value is -2.00. The normalized spacial score (nSPS) is 24.8. The van der Waals surface area contributed by atoms with Gasteiger partial charge in [0.05, 0.1) is 30.2 Å². The number of allylic oxidation sites excluding steroid dienone is 1. The van der Waals surface area contributed by atoms with E-state index in [1.165, 1.54) is 25.1 Å². The molecule has 0 spiro atoms. The van der Waals surface area contributed by atoms with E-state index in [0.29, 0.717) is 25.2 Å². The molecule has 0 bridgehead atoms. The molecule has 2 fully saturated rings. The van der Waals surface area contributed by atoms with Gasteiger partial charge in [-0.1, -0.05) is 11.6 Å². The lowest BCUT2D eigenvalue weighted by Gasteiger charge is -2.43. The second-order valence-electron chi connectivity index (χ2n) is 6.94. The molecule has 3 rings (SSSR count). The molecule has 142 valence electrons. The molecular formula is C17H24N4O4S. The third-order valence-corrected chi connectivity index (χ3v) is 6.54. The average molecular weight is 380 g/mol. The molecule has 0 radical (unpaired) electrons. The molecule has 2 aliphatic rings. The van der Waals surface area contributed by atoms with Crippen molar-refractivity contribution in [2.24, 2.45) is 0 Å². The maximum Gasteiger partial charge on any atom is 0.316 e. The Balaban J connectivity index is 1.82. The van der Waals surface area contributed by atoms with Crippen LogP contribution in [0, 0.1) is 0 Å². The summed E-state index contributed by atoms with van der Waals surface area (Å²) in [6.07, 6.45) is 4.93. The summed E-state index contributed by atoms with van der Waals surface area (Å²) in [6, 6.07) is -0.323. The first-order valence-corrected chi connectivity index (χ1v) is 10.4. The summed E-state index contributed by atoms with van der Waals surface area (Å²) in [5, 5.41) is 0. The predicted octanol–water partition coefficient (Wildman–Crippen LogP) is 0.375. The van der Waals surface area contributed by atoms with Gasteiger partial charge < -0.3 is 9.64 Å². The van der Waals surface area contributed by atoms with Gasteiger partial charge in [-0.3, -0.25) is 9.69 Å². The van der Waals surface area contributed by atoms with Crippen LogP contribution in [0.4, 0.5) is 0 Å². The van der Waals surface area contributed by atoms with Crippen LogP contribution >= 0.6 is 0 Å². The van der Waals surface area contributed by atoms with Crippen LogP contribution in [-0.4, -0.2) is 84.4 Å². The van der Waals surface area contributed by atoms with Crippen LogP contribution in [0.15, 0.2) is 24.0 Å². The van der Waals surface area contributed by atoms with Gasteiger partial charge in [-0.05, 0) is 13.8 Å². The third kappa shape index (κ3) is 3.88. The SMILES string of the molecule is COc1ncc(C(=O)N2CCN(CC=C(C)C)[C@H]3CS(=O)(=O)C[C@H]32)cn1. The van der Waals surface area contributed by atoms with E-state index in [4.69, 9.17) is 4.74 Å². The number of ether oxygens (including phenoxy) is 1. The number of piperazine rings is 1. The lowest BCUT2D eigenvalue weighted by Crippen LogP contribution is -2.60. The molecule has 0 unspecified atom stereocenters. The maximum absolute atomic E-state index is 12.9. The van der Waals surface area contributed by atoms with Crippen molar-refractivity contribution in [1.82, 2.24) is 19.8 Å². The summed E-state index contributed by atoms with van der Waals surface area (Å²) >= 11 is 0. The molecule has 1 aromatic rings. The molecule has 1 aromatic heterocycles. The monoisotopic (exact) mass is 380 g/mol. The van der Waals surface area contributed by atoms with Crippen molar-refractivity contribution >= 4 is 15.7 Å². The zero-order valence-electron chi connectivity index (χ0n) is 15.3. The topological polar surface area (TPSA) is 92.7 Å². The van der Waals surface area contributed by atoms with E-state index in [1.807, 2.05) is 13.8 Å². The summed E-state index contributed by atoms with van der Waals surface area (Å²) in [6.45, 7) is 5.87. The highest BCUT2D eigenvalue weighted by Gasteiger charge is 2.47. The summed E-state index contributed by atoms with van der Waals surface area (Å²) in [5.41, 5.74) is 1.53. The highest BCUT2D eigenvalue weighted by Crippen LogP contribution is 2.28. The lowest BCUT2D eigenvalue weighted by atomic mass is 10.0. The van der Waals surface area contributed by atoms with E-state index in [1.54, 1.807) is 4.90 Å². The molecule has 2 aliphatic heterocycles. The van der Waals surface area contributed by atoms with E-state index in [0.717, 1.165) is 0 Å². The van der Waals surface area contributed by atoms with Gasteiger partial charge in [0.15, 0.2) is 9.84 Å². The quantitative estimate of drug-likeness (QED) is 0.697. The number of aromatic nitrogens is 2. The van der Waals surface area contributed by atoms with E-state index < -0.39 is 9.84 Å². The zero-order valence-corrected chi connectivity index (χ0v) is 16.1. The number of carbonyl (C=O) groups is 1. The number of hydrogen-bond donors (Lipinski definition) is 0. The Morgan fingerprint density at radius 3 is 2.50 bits per heavy atom.